The van der Waals surface area contributed by atoms with Crippen LogP contribution in [0.3, 0.4) is 0 Å². The van der Waals surface area contributed by atoms with Gasteiger partial charge in [-0.3, -0.25) is 13.9 Å². The number of hydrogen-bond acceptors (Lipinski definition) is 7. The average molecular weight is 624 g/mol. The van der Waals surface area contributed by atoms with Crippen LogP contribution < -0.4 is 23.8 Å². The molecule has 10 nitrogen and oxygen atoms in total. The smallest absolute Gasteiger partial charge is 0.264 e. The van der Waals surface area contributed by atoms with Gasteiger partial charge < -0.3 is 24.4 Å². The summed E-state index contributed by atoms with van der Waals surface area (Å²) in [5.41, 5.74) is 1.98. The summed E-state index contributed by atoms with van der Waals surface area (Å²) in [5.74, 6) is 0.399. The zero-order chi connectivity index (χ0) is 31.9. The number of carbonyl (C=O) groups is 2. The highest BCUT2D eigenvalue weighted by atomic mass is 32.2. The first-order valence-corrected chi connectivity index (χ1v) is 16.1. The first-order chi connectivity index (χ1) is 21.1. The third kappa shape index (κ3) is 7.63. The van der Waals surface area contributed by atoms with Gasteiger partial charge in [-0.1, -0.05) is 42.7 Å². The van der Waals surface area contributed by atoms with Gasteiger partial charge in [-0.2, -0.15) is 0 Å². The molecule has 236 valence electrons. The van der Waals surface area contributed by atoms with Gasteiger partial charge in [0.2, 0.25) is 11.8 Å². The van der Waals surface area contributed by atoms with Crippen LogP contribution in [0.4, 0.5) is 5.69 Å². The second kappa shape index (κ2) is 14.5. The summed E-state index contributed by atoms with van der Waals surface area (Å²) in [7, 11) is 0.165. The summed E-state index contributed by atoms with van der Waals surface area (Å²) in [6.07, 6.45) is 3.89. The summed E-state index contributed by atoms with van der Waals surface area (Å²) in [5, 5.41) is 3.08. The molecule has 0 spiro atoms. The van der Waals surface area contributed by atoms with Gasteiger partial charge in [0, 0.05) is 18.7 Å². The fourth-order valence-corrected chi connectivity index (χ4v) is 6.72. The van der Waals surface area contributed by atoms with Crippen molar-refractivity contribution in [3.8, 4) is 17.2 Å². The number of amides is 2. The lowest BCUT2D eigenvalue weighted by Gasteiger charge is -2.32. The molecule has 0 bridgehead atoms. The van der Waals surface area contributed by atoms with Crippen molar-refractivity contribution in [3.05, 3.63) is 77.9 Å². The van der Waals surface area contributed by atoms with Crippen molar-refractivity contribution >= 4 is 27.5 Å². The molecule has 0 radical (unpaired) electrons. The third-order valence-electron chi connectivity index (χ3n) is 7.90. The Labute approximate surface area is 260 Å². The molecule has 1 atom stereocenters. The molecule has 1 aliphatic rings. The molecule has 3 aromatic rings. The maximum atomic E-state index is 14.2. The number of hydrogen-bond donors (Lipinski definition) is 1. The number of carbonyl (C=O) groups excluding carboxylic acids is 2. The van der Waals surface area contributed by atoms with Gasteiger partial charge >= 0.3 is 0 Å². The van der Waals surface area contributed by atoms with Gasteiger partial charge in [0.05, 0.1) is 31.9 Å². The van der Waals surface area contributed by atoms with Gasteiger partial charge in [0.1, 0.15) is 18.3 Å². The van der Waals surface area contributed by atoms with Crippen molar-refractivity contribution < 1.29 is 32.2 Å². The van der Waals surface area contributed by atoms with E-state index in [1.807, 2.05) is 13.0 Å². The van der Waals surface area contributed by atoms with Gasteiger partial charge in [-0.15, -0.1) is 0 Å². The highest BCUT2D eigenvalue weighted by Crippen LogP contribution is 2.32. The predicted molar refractivity (Wildman–Crippen MR) is 169 cm³/mol. The molecule has 1 aliphatic carbocycles. The molecule has 44 heavy (non-hydrogen) atoms. The maximum Gasteiger partial charge on any atom is 0.264 e. The van der Waals surface area contributed by atoms with E-state index in [1.54, 1.807) is 56.5 Å². The molecule has 2 amide bonds. The lowest BCUT2D eigenvalue weighted by Crippen LogP contribution is -2.52. The number of nitrogens with one attached hydrogen (secondary N) is 1. The van der Waals surface area contributed by atoms with Gasteiger partial charge in [-0.25, -0.2) is 8.42 Å². The molecule has 0 unspecified atom stereocenters. The van der Waals surface area contributed by atoms with Crippen LogP contribution in [0.1, 0.15) is 43.7 Å². The van der Waals surface area contributed by atoms with Gasteiger partial charge in [0.25, 0.3) is 10.0 Å². The highest BCUT2D eigenvalue weighted by molar-refractivity contribution is 7.92. The number of anilines is 1. The Morgan fingerprint density at radius 2 is 1.59 bits per heavy atom. The normalized spacial score (nSPS) is 14.0. The lowest BCUT2D eigenvalue weighted by atomic mass is 10.1. The van der Waals surface area contributed by atoms with Crippen molar-refractivity contribution in [2.24, 2.45) is 0 Å². The Bertz CT molecular complexity index is 1550. The van der Waals surface area contributed by atoms with E-state index >= 15 is 0 Å². The SMILES string of the molecule is COc1cccc(CN(C(=O)CN(c2ccc(C)cc2)S(=O)(=O)c2ccc(OC)c(OC)c2)[C@H](C)C(=O)NC2CCCC2)c1. The number of nitrogens with zero attached hydrogens (tertiary/aromatic N) is 2. The van der Waals surface area contributed by atoms with E-state index in [-0.39, 0.29) is 29.1 Å². The molecule has 3 aromatic carbocycles. The van der Waals surface area contributed by atoms with E-state index in [0.29, 0.717) is 17.2 Å². The zero-order valence-electron chi connectivity index (χ0n) is 25.9. The Morgan fingerprint density at radius 3 is 2.23 bits per heavy atom. The standard InChI is InChI=1S/C33H41N3O7S/c1-23-13-15-27(16-14-23)36(44(39,40)29-17-18-30(42-4)31(20-29)43-5)22-32(37)35(21-25-9-8-12-28(19-25)41-3)24(2)33(38)34-26-10-6-7-11-26/h8-9,12-20,24,26H,6-7,10-11,21-22H2,1-5H3,(H,34,38)/t24-/m1/s1. The van der Waals surface area contributed by atoms with Crippen molar-refractivity contribution in [3.63, 3.8) is 0 Å². The fourth-order valence-electron chi connectivity index (χ4n) is 5.29. The summed E-state index contributed by atoms with van der Waals surface area (Å²) in [6.45, 7) is 3.10. The van der Waals surface area contributed by atoms with Crippen LogP contribution in [-0.4, -0.2) is 65.1 Å². The van der Waals surface area contributed by atoms with Crippen LogP contribution in [0.15, 0.2) is 71.6 Å². The Morgan fingerprint density at radius 1 is 0.909 bits per heavy atom. The van der Waals surface area contributed by atoms with E-state index in [1.165, 1.54) is 37.3 Å². The number of sulfonamides is 1. The van der Waals surface area contributed by atoms with Crippen LogP contribution in [0.5, 0.6) is 17.2 Å². The third-order valence-corrected chi connectivity index (χ3v) is 9.67. The average Bonchev–Trinajstić information content (AvgIpc) is 3.55. The number of aryl methyl sites for hydroxylation is 1. The van der Waals surface area contributed by atoms with E-state index in [4.69, 9.17) is 14.2 Å². The largest absolute Gasteiger partial charge is 0.497 e. The molecule has 11 heteroatoms. The summed E-state index contributed by atoms with van der Waals surface area (Å²) in [6, 6.07) is 17.6. The molecule has 0 aliphatic heterocycles. The second-order valence-electron chi connectivity index (χ2n) is 10.9. The van der Waals surface area contributed by atoms with E-state index in [9.17, 15) is 18.0 Å². The van der Waals surface area contributed by atoms with Crippen molar-refractivity contribution in [1.29, 1.82) is 0 Å². The molecule has 1 N–H and O–H groups in total. The first-order valence-electron chi connectivity index (χ1n) is 14.6. The molecule has 1 saturated carbocycles. The predicted octanol–water partition coefficient (Wildman–Crippen LogP) is 4.69. The summed E-state index contributed by atoms with van der Waals surface area (Å²) >= 11 is 0. The summed E-state index contributed by atoms with van der Waals surface area (Å²) in [4.78, 5) is 29.0. The van der Waals surface area contributed by atoms with E-state index < -0.39 is 28.5 Å². The Balaban J connectivity index is 1.72. The quantitative estimate of drug-likeness (QED) is 0.294. The van der Waals surface area contributed by atoms with Crippen molar-refractivity contribution in [1.82, 2.24) is 10.2 Å². The Kier molecular flexibility index (Phi) is 10.7. The first kappa shape index (κ1) is 32.7. The zero-order valence-corrected chi connectivity index (χ0v) is 26.7. The van der Waals surface area contributed by atoms with Gasteiger partial charge in [-0.05, 0) is 68.7 Å². The number of methoxy groups -OCH3 is 3. The molecule has 0 heterocycles. The fraction of sp³-hybridized carbons (Fsp3) is 0.394. The minimum Gasteiger partial charge on any atom is -0.497 e. The lowest BCUT2D eigenvalue weighted by molar-refractivity contribution is -0.139. The van der Waals surface area contributed by atoms with Crippen molar-refractivity contribution in [2.45, 2.75) is 63.1 Å². The van der Waals surface area contributed by atoms with Crippen LogP contribution in [0, 0.1) is 6.92 Å². The van der Waals surface area contributed by atoms with Crippen molar-refractivity contribution in [2.75, 3.05) is 32.2 Å². The minimum absolute atomic E-state index is 0.0632. The van der Waals surface area contributed by atoms with Crippen LogP contribution in [0.25, 0.3) is 0 Å². The number of ether oxygens (including phenoxy) is 3. The Hall–Kier alpha value is -4.25. The molecular formula is C33H41N3O7S. The topological polar surface area (TPSA) is 114 Å². The number of rotatable bonds is 13. The molecule has 4 rings (SSSR count). The molecule has 1 fully saturated rings. The molecular weight excluding hydrogens is 582 g/mol. The monoisotopic (exact) mass is 623 g/mol. The minimum atomic E-state index is -4.27. The van der Waals surface area contributed by atoms with Gasteiger partial charge in [0.15, 0.2) is 11.5 Å². The summed E-state index contributed by atoms with van der Waals surface area (Å²) < 4.78 is 45.4. The molecule has 0 aromatic heterocycles. The van der Waals surface area contributed by atoms with Crippen LogP contribution >= 0.6 is 0 Å². The highest BCUT2D eigenvalue weighted by Gasteiger charge is 2.34. The maximum absolute atomic E-state index is 14.2. The van der Waals surface area contributed by atoms with E-state index in [0.717, 1.165) is 41.1 Å². The number of benzene rings is 3. The van der Waals surface area contributed by atoms with Crippen LogP contribution in [-0.2, 0) is 26.2 Å². The van der Waals surface area contributed by atoms with Crippen LogP contribution in [0.2, 0.25) is 0 Å². The van der Waals surface area contributed by atoms with E-state index in [2.05, 4.69) is 5.32 Å². The second-order valence-corrected chi connectivity index (χ2v) is 12.8. The molecule has 0 saturated heterocycles.